The number of ether oxygens (including phenoxy) is 2. The van der Waals surface area contributed by atoms with Crippen molar-refractivity contribution in [1.29, 1.82) is 0 Å². The summed E-state index contributed by atoms with van der Waals surface area (Å²) >= 11 is 0. The highest BCUT2D eigenvalue weighted by molar-refractivity contribution is 7.90. The van der Waals surface area contributed by atoms with E-state index in [9.17, 15) is 13.2 Å². The van der Waals surface area contributed by atoms with Crippen molar-refractivity contribution < 1.29 is 22.7 Å². The third-order valence-corrected chi connectivity index (χ3v) is 6.48. The Kier molecular flexibility index (Phi) is 5.38. The molecule has 3 N–H and O–H groups in total. The summed E-state index contributed by atoms with van der Waals surface area (Å²) in [5.74, 6) is 0.404. The number of methoxy groups -OCH3 is 2. The summed E-state index contributed by atoms with van der Waals surface area (Å²) in [6.07, 6.45) is 0. The second-order valence-corrected chi connectivity index (χ2v) is 8.89. The highest BCUT2D eigenvalue weighted by atomic mass is 32.2. The summed E-state index contributed by atoms with van der Waals surface area (Å²) < 4.78 is 36.7. The van der Waals surface area contributed by atoms with Crippen LogP contribution >= 0.6 is 0 Å². The van der Waals surface area contributed by atoms with Gasteiger partial charge < -0.3 is 20.5 Å². The molecule has 0 aliphatic carbocycles. The van der Waals surface area contributed by atoms with Crippen LogP contribution in [-0.4, -0.2) is 42.8 Å². The minimum Gasteiger partial charge on any atom is -0.493 e. The Bertz CT molecular complexity index is 1180. The Morgan fingerprint density at radius 3 is 2.41 bits per heavy atom. The van der Waals surface area contributed by atoms with Crippen LogP contribution in [0.25, 0.3) is 11.0 Å². The third-order valence-electron chi connectivity index (χ3n) is 4.39. The van der Waals surface area contributed by atoms with Crippen molar-refractivity contribution >= 4 is 38.6 Å². The minimum absolute atomic E-state index is 0.128. The first-order chi connectivity index (χ1) is 13.7. The number of nitrogens with zero attached hydrogens (tertiary/aromatic N) is 2. The van der Waals surface area contributed by atoms with Crippen molar-refractivity contribution in [3.05, 3.63) is 42.0 Å². The number of carbonyl (C=O) groups excluding carboxylic acids is 1. The van der Waals surface area contributed by atoms with E-state index in [4.69, 9.17) is 15.2 Å². The first kappa shape index (κ1) is 20.5. The van der Waals surface area contributed by atoms with Gasteiger partial charge >= 0.3 is 0 Å². The van der Waals surface area contributed by atoms with Gasteiger partial charge in [0.05, 0.1) is 30.5 Å². The molecule has 0 saturated heterocycles. The molecule has 29 heavy (non-hydrogen) atoms. The number of nitrogen functional groups attached to an aromatic ring is 1. The molecule has 1 heterocycles. The van der Waals surface area contributed by atoms with Crippen molar-refractivity contribution in [2.24, 2.45) is 0 Å². The zero-order valence-corrected chi connectivity index (χ0v) is 17.3. The molecule has 0 bridgehead atoms. The molecular weight excluding hydrogens is 396 g/mol. The first-order valence-electron chi connectivity index (χ1n) is 8.74. The van der Waals surface area contributed by atoms with Gasteiger partial charge in [0.2, 0.25) is 16.0 Å². The molecule has 0 radical (unpaired) electrons. The third kappa shape index (κ3) is 3.70. The van der Waals surface area contributed by atoms with Gasteiger partial charge in [0.25, 0.3) is 5.91 Å². The van der Waals surface area contributed by atoms with E-state index in [0.717, 1.165) is 3.97 Å². The summed E-state index contributed by atoms with van der Waals surface area (Å²) in [6.45, 7) is 3.12. The maximum Gasteiger partial charge on any atom is 0.255 e. The van der Waals surface area contributed by atoms with Crippen LogP contribution in [-0.2, 0) is 10.0 Å². The summed E-state index contributed by atoms with van der Waals surface area (Å²) in [6, 6.07) is 9.53. The smallest absolute Gasteiger partial charge is 0.255 e. The van der Waals surface area contributed by atoms with Gasteiger partial charge in [-0.3, -0.25) is 4.79 Å². The van der Waals surface area contributed by atoms with Crippen LogP contribution in [0.5, 0.6) is 11.5 Å². The molecule has 2 aromatic carbocycles. The zero-order chi connectivity index (χ0) is 21.3. The highest BCUT2D eigenvalue weighted by Crippen LogP contribution is 2.29. The predicted octanol–water partition coefficient (Wildman–Crippen LogP) is 2.47. The lowest BCUT2D eigenvalue weighted by molar-refractivity contribution is 0.102. The lowest BCUT2D eigenvalue weighted by Gasteiger charge is -2.12. The van der Waals surface area contributed by atoms with Gasteiger partial charge in [0.15, 0.2) is 11.5 Å². The van der Waals surface area contributed by atoms with E-state index in [0.29, 0.717) is 33.8 Å². The lowest BCUT2D eigenvalue weighted by Crippen LogP contribution is -2.23. The molecule has 3 aromatic rings. The van der Waals surface area contributed by atoms with E-state index in [1.807, 2.05) is 0 Å². The molecule has 0 atom stereocenters. The Balaban J connectivity index is 1.98. The second-order valence-electron chi connectivity index (χ2n) is 6.56. The Hall–Kier alpha value is -3.27. The van der Waals surface area contributed by atoms with E-state index in [-0.39, 0.29) is 5.95 Å². The largest absolute Gasteiger partial charge is 0.493 e. The summed E-state index contributed by atoms with van der Waals surface area (Å²) in [7, 11) is -0.732. The van der Waals surface area contributed by atoms with E-state index < -0.39 is 21.2 Å². The molecular formula is C19H22N4O5S. The van der Waals surface area contributed by atoms with Crippen molar-refractivity contribution in [3.8, 4) is 11.5 Å². The van der Waals surface area contributed by atoms with Crippen LogP contribution in [0.3, 0.4) is 0 Å². The van der Waals surface area contributed by atoms with Gasteiger partial charge in [-0.1, -0.05) is 0 Å². The van der Waals surface area contributed by atoms with Crippen molar-refractivity contribution in [2.75, 3.05) is 25.3 Å². The fraction of sp³-hybridized carbons (Fsp3) is 0.263. The maximum absolute atomic E-state index is 12.6. The number of hydrogen-bond acceptors (Lipinski definition) is 7. The number of aromatic nitrogens is 2. The van der Waals surface area contributed by atoms with Crippen molar-refractivity contribution in [1.82, 2.24) is 8.96 Å². The number of benzene rings is 2. The van der Waals surface area contributed by atoms with E-state index in [1.165, 1.54) is 20.3 Å². The number of fused-ring (bicyclic) bond motifs is 1. The summed E-state index contributed by atoms with van der Waals surface area (Å²) in [5.41, 5.74) is 7.30. The normalized spacial score (nSPS) is 11.6. The fourth-order valence-corrected chi connectivity index (χ4v) is 3.95. The average molecular weight is 418 g/mol. The predicted molar refractivity (Wildman–Crippen MR) is 111 cm³/mol. The molecule has 9 nitrogen and oxygen atoms in total. The fourth-order valence-electron chi connectivity index (χ4n) is 2.81. The molecule has 3 rings (SSSR count). The van der Waals surface area contributed by atoms with Crippen LogP contribution in [0.15, 0.2) is 36.4 Å². The van der Waals surface area contributed by atoms with Gasteiger partial charge in [-0.2, -0.15) is 0 Å². The molecule has 1 aromatic heterocycles. The van der Waals surface area contributed by atoms with E-state index in [1.54, 1.807) is 44.2 Å². The van der Waals surface area contributed by atoms with Gasteiger partial charge in [0.1, 0.15) is 0 Å². The van der Waals surface area contributed by atoms with Crippen LogP contribution in [0.2, 0.25) is 0 Å². The van der Waals surface area contributed by atoms with Crippen molar-refractivity contribution in [3.63, 3.8) is 0 Å². The molecule has 0 saturated carbocycles. The number of nitrogens with one attached hydrogen (secondary N) is 1. The van der Waals surface area contributed by atoms with E-state index >= 15 is 0 Å². The van der Waals surface area contributed by atoms with Crippen LogP contribution < -0.4 is 20.5 Å². The second kappa shape index (κ2) is 7.63. The minimum atomic E-state index is -3.72. The molecule has 0 aliphatic rings. The topological polar surface area (TPSA) is 126 Å². The lowest BCUT2D eigenvalue weighted by atomic mass is 10.1. The van der Waals surface area contributed by atoms with Crippen LogP contribution in [0, 0.1) is 0 Å². The van der Waals surface area contributed by atoms with Gasteiger partial charge in [-0.15, -0.1) is 0 Å². The molecule has 0 unspecified atom stereocenters. The quantitative estimate of drug-likeness (QED) is 0.630. The zero-order valence-electron chi connectivity index (χ0n) is 16.5. The molecule has 154 valence electrons. The maximum atomic E-state index is 12.6. The van der Waals surface area contributed by atoms with Gasteiger partial charge in [-0.05, 0) is 50.2 Å². The van der Waals surface area contributed by atoms with E-state index in [2.05, 4.69) is 10.3 Å². The number of nitrogens with two attached hydrogens (primary N) is 1. The number of anilines is 2. The summed E-state index contributed by atoms with van der Waals surface area (Å²) in [4.78, 5) is 16.7. The van der Waals surface area contributed by atoms with Gasteiger partial charge in [-0.25, -0.2) is 17.4 Å². The molecule has 10 heteroatoms. The molecule has 0 spiro atoms. The average Bonchev–Trinajstić information content (AvgIpc) is 3.02. The summed E-state index contributed by atoms with van der Waals surface area (Å²) in [5, 5.41) is 2.06. The number of hydrogen-bond donors (Lipinski definition) is 2. The van der Waals surface area contributed by atoms with Crippen molar-refractivity contribution in [2.45, 2.75) is 19.1 Å². The number of rotatable bonds is 6. The number of imidazole rings is 1. The Morgan fingerprint density at radius 1 is 1.10 bits per heavy atom. The number of amides is 1. The SMILES string of the molecule is COc1ccc(C(=O)Nc2ccc3nc(N)n(S(=O)(=O)C(C)C)c3c2)cc1OC. The molecule has 0 aliphatic heterocycles. The van der Waals surface area contributed by atoms with Crippen LogP contribution in [0.4, 0.5) is 11.6 Å². The highest BCUT2D eigenvalue weighted by Gasteiger charge is 2.24. The molecule has 0 fully saturated rings. The van der Waals surface area contributed by atoms with Gasteiger partial charge in [0, 0.05) is 11.3 Å². The Morgan fingerprint density at radius 2 is 1.79 bits per heavy atom. The number of carbonyl (C=O) groups is 1. The monoisotopic (exact) mass is 418 g/mol. The standard InChI is InChI=1S/C19H22N4O5S/c1-11(2)29(25,26)23-15-10-13(6-7-14(15)22-19(23)20)21-18(24)12-5-8-16(27-3)17(9-12)28-4/h5-11H,1-4H3,(H2,20,22)(H,21,24). The first-order valence-corrected chi connectivity index (χ1v) is 10.2. The molecule has 1 amide bonds. The Labute approximate surface area is 168 Å². The van der Waals surface area contributed by atoms with Crippen LogP contribution in [0.1, 0.15) is 24.2 Å².